The van der Waals surface area contributed by atoms with Crippen LogP contribution in [0.25, 0.3) is 0 Å². The number of ether oxygens (including phenoxy) is 1. The zero-order valence-corrected chi connectivity index (χ0v) is 20.8. The normalized spacial score (nSPS) is 11.2. The average Bonchev–Trinajstić information content (AvgIpc) is 2.73. The molecule has 0 spiro atoms. The molecule has 0 aliphatic rings. The Kier molecular flexibility index (Phi) is 8.01. The van der Waals surface area contributed by atoms with Crippen LogP contribution in [0.2, 0.25) is 15.1 Å². The van der Waals surface area contributed by atoms with Crippen LogP contribution in [0.3, 0.4) is 0 Å². The van der Waals surface area contributed by atoms with Gasteiger partial charge in [-0.25, -0.2) is 4.79 Å². The lowest BCUT2D eigenvalue weighted by Gasteiger charge is -2.33. The molecule has 0 saturated heterocycles. The Morgan fingerprint density at radius 3 is 2.39 bits per heavy atom. The molecule has 0 aliphatic heterocycles. The minimum atomic E-state index is -0.975. The summed E-state index contributed by atoms with van der Waals surface area (Å²) in [7, 11) is 0. The summed E-state index contributed by atoms with van der Waals surface area (Å²) in [5, 5.41) is 14.4. The Morgan fingerprint density at radius 1 is 0.970 bits per heavy atom. The summed E-state index contributed by atoms with van der Waals surface area (Å²) in [5.74, 6) is 1.12. The van der Waals surface area contributed by atoms with Crippen LogP contribution in [0.1, 0.15) is 31.9 Å². The van der Waals surface area contributed by atoms with Crippen LogP contribution < -0.4 is 10.1 Å². The van der Waals surface area contributed by atoms with Gasteiger partial charge in [0.25, 0.3) is 0 Å². The minimum absolute atomic E-state index is 0.244. The summed E-state index contributed by atoms with van der Waals surface area (Å²) in [6.45, 7) is 6.33. The maximum absolute atomic E-state index is 11.7. The van der Waals surface area contributed by atoms with Crippen molar-refractivity contribution in [1.82, 2.24) is 4.90 Å². The first kappa shape index (κ1) is 25.0. The van der Waals surface area contributed by atoms with Crippen molar-refractivity contribution in [2.45, 2.75) is 39.4 Å². The number of anilines is 1. The predicted molar refractivity (Wildman–Crippen MR) is 135 cm³/mol. The number of benzene rings is 3. The Hall–Kier alpha value is -2.60. The van der Waals surface area contributed by atoms with Crippen LogP contribution in [0, 0.1) is 0 Å². The minimum Gasteiger partial charge on any atom is -0.465 e. The van der Waals surface area contributed by atoms with Crippen LogP contribution in [0.5, 0.6) is 11.5 Å². The average molecular weight is 508 g/mol. The molecule has 2 N–H and O–H groups in total. The Bertz CT molecular complexity index is 1150. The Labute approximate surface area is 208 Å². The highest BCUT2D eigenvalue weighted by atomic mass is 35.5. The maximum Gasteiger partial charge on any atom is 0.408 e. The number of amides is 1. The molecule has 0 atom stereocenters. The molecule has 0 bridgehead atoms. The van der Waals surface area contributed by atoms with Crippen molar-refractivity contribution >= 4 is 46.6 Å². The second-order valence-corrected chi connectivity index (χ2v) is 9.78. The van der Waals surface area contributed by atoms with Gasteiger partial charge in [-0.2, -0.15) is 0 Å². The molecule has 0 fully saturated rings. The molecule has 5 nitrogen and oxygen atoms in total. The molecule has 0 aromatic heterocycles. The van der Waals surface area contributed by atoms with Gasteiger partial charge < -0.3 is 15.2 Å². The van der Waals surface area contributed by atoms with Crippen molar-refractivity contribution in [2.75, 3.05) is 5.32 Å². The second kappa shape index (κ2) is 10.6. The number of halogens is 3. The molecular formula is C25H25Cl3N2O3. The molecule has 3 aromatic carbocycles. The third-order valence-corrected chi connectivity index (χ3v) is 5.89. The van der Waals surface area contributed by atoms with Gasteiger partial charge in [0.05, 0.1) is 15.7 Å². The van der Waals surface area contributed by atoms with Crippen molar-refractivity contribution in [3.8, 4) is 11.5 Å². The van der Waals surface area contributed by atoms with Crippen LogP contribution >= 0.6 is 34.8 Å². The van der Waals surface area contributed by atoms with Crippen LogP contribution in [0.15, 0.2) is 60.7 Å². The third kappa shape index (κ3) is 6.94. The summed E-state index contributed by atoms with van der Waals surface area (Å²) in [5.41, 5.74) is 2.00. The molecular weight excluding hydrogens is 483 g/mol. The summed E-state index contributed by atoms with van der Waals surface area (Å²) >= 11 is 18.3. The van der Waals surface area contributed by atoms with Gasteiger partial charge in [-0.1, -0.05) is 53.0 Å². The van der Waals surface area contributed by atoms with Crippen LogP contribution in [-0.4, -0.2) is 21.6 Å². The van der Waals surface area contributed by atoms with Gasteiger partial charge in [-0.05, 0) is 68.3 Å². The highest BCUT2D eigenvalue weighted by Gasteiger charge is 2.26. The molecule has 33 heavy (non-hydrogen) atoms. The third-order valence-electron chi connectivity index (χ3n) is 4.92. The summed E-state index contributed by atoms with van der Waals surface area (Å²) in [6, 6.07) is 18.1. The lowest BCUT2D eigenvalue weighted by molar-refractivity contribution is 0.0955. The summed E-state index contributed by atoms with van der Waals surface area (Å²) in [4.78, 5) is 13.1. The van der Waals surface area contributed by atoms with E-state index in [4.69, 9.17) is 39.5 Å². The molecule has 3 aromatic rings. The highest BCUT2D eigenvalue weighted by Crippen LogP contribution is 2.33. The topological polar surface area (TPSA) is 61.8 Å². The zero-order valence-electron chi connectivity index (χ0n) is 18.5. The largest absolute Gasteiger partial charge is 0.465 e. The lowest BCUT2D eigenvalue weighted by Crippen LogP contribution is -2.44. The first-order valence-electron chi connectivity index (χ1n) is 10.3. The standard InChI is InChI=1S/C25H25Cl3N2O3/c1-25(2,3)30(24(31)32)15-17-5-4-6-19(11-17)33-23-13-18(26)8-10-22(23)29-14-16-7-9-20(27)21(28)12-16/h4-13,29H,14-15H2,1-3H3,(H,31,32). The number of nitrogens with zero attached hydrogens (tertiary/aromatic N) is 1. The first-order valence-corrected chi connectivity index (χ1v) is 11.4. The highest BCUT2D eigenvalue weighted by molar-refractivity contribution is 6.42. The molecule has 174 valence electrons. The Balaban J connectivity index is 1.79. The number of hydrogen-bond donors (Lipinski definition) is 2. The van der Waals surface area contributed by atoms with Gasteiger partial charge in [-0.15, -0.1) is 0 Å². The summed E-state index contributed by atoms with van der Waals surface area (Å²) < 4.78 is 6.13. The first-order chi connectivity index (χ1) is 15.5. The van der Waals surface area contributed by atoms with Gasteiger partial charge in [0.15, 0.2) is 5.75 Å². The van der Waals surface area contributed by atoms with E-state index in [2.05, 4.69) is 5.32 Å². The van der Waals surface area contributed by atoms with Crippen molar-refractivity contribution < 1.29 is 14.6 Å². The monoisotopic (exact) mass is 506 g/mol. The van der Waals surface area contributed by atoms with E-state index in [0.29, 0.717) is 33.1 Å². The van der Waals surface area contributed by atoms with Crippen LogP contribution in [0.4, 0.5) is 10.5 Å². The van der Waals surface area contributed by atoms with E-state index >= 15 is 0 Å². The lowest BCUT2D eigenvalue weighted by atomic mass is 10.1. The second-order valence-electron chi connectivity index (χ2n) is 8.53. The fourth-order valence-electron chi connectivity index (χ4n) is 3.18. The van der Waals surface area contributed by atoms with Crippen LogP contribution in [-0.2, 0) is 13.1 Å². The molecule has 0 heterocycles. The summed E-state index contributed by atoms with van der Waals surface area (Å²) in [6.07, 6.45) is -0.975. The Morgan fingerprint density at radius 2 is 1.73 bits per heavy atom. The van der Waals surface area contributed by atoms with E-state index in [1.54, 1.807) is 24.3 Å². The van der Waals surface area contributed by atoms with E-state index in [0.717, 1.165) is 16.8 Å². The van der Waals surface area contributed by atoms with E-state index in [1.807, 2.05) is 57.2 Å². The number of nitrogens with one attached hydrogen (secondary N) is 1. The molecule has 0 unspecified atom stereocenters. The van der Waals surface area contributed by atoms with Crippen molar-refractivity contribution in [3.05, 3.63) is 86.9 Å². The zero-order chi connectivity index (χ0) is 24.2. The SMILES string of the molecule is CC(C)(C)N(Cc1cccc(Oc2cc(Cl)ccc2NCc2ccc(Cl)c(Cl)c2)c1)C(=O)O. The van der Waals surface area contributed by atoms with Crippen molar-refractivity contribution in [3.63, 3.8) is 0 Å². The molecule has 0 radical (unpaired) electrons. The number of carboxylic acid groups (broad SMARTS) is 1. The molecule has 8 heteroatoms. The number of carbonyl (C=O) groups is 1. The molecule has 0 saturated carbocycles. The van der Waals surface area contributed by atoms with E-state index in [1.165, 1.54) is 4.90 Å². The van der Waals surface area contributed by atoms with Crippen molar-refractivity contribution in [1.29, 1.82) is 0 Å². The van der Waals surface area contributed by atoms with Crippen molar-refractivity contribution in [2.24, 2.45) is 0 Å². The van der Waals surface area contributed by atoms with Gasteiger partial charge in [0, 0.05) is 29.7 Å². The molecule has 0 aliphatic carbocycles. The van der Waals surface area contributed by atoms with Gasteiger partial charge in [0.1, 0.15) is 5.75 Å². The van der Waals surface area contributed by atoms with E-state index < -0.39 is 11.6 Å². The maximum atomic E-state index is 11.7. The van der Waals surface area contributed by atoms with Gasteiger partial charge >= 0.3 is 6.09 Å². The fraction of sp³-hybridized carbons (Fsp3) is 0.240. The molecule has 3 rings (SSSR count). The number of rotatable bonds is 7. The smallest absolute Gasteiger partial charge is 0.408 e. The quantitative estimate of drug-likeness (QED) is 0.337. The molecule has 1 amide bonds. The predicted octanol–water partition coefficient (Wildman–Crippen LogP) is 8.33. The van der Waals surface area contributed by atoms with Gasteiger partial charge in [-0.3, -0.25) is 4.90 Å². The van der Waals surface area contributed by atoms with Gasteiger partial charge in [0.2, 0.25) is 0 Å². The van der Waals surface area contributed by atoms with E-state index in [-0.39, 0.29) is 6.54 Å². The fourth-order valence-corrected chi connectivity index (χ4v) is 3.66. The van der Waals surface area contributed by atoms with E-state index in [9.17, 15) is 9.90 Å². The number of hydrogen-bond acceptors (Lipinski definition) is 3.